The van der Waals surface area contributed by atoms with E-state index in [1.807, 2.05) is 31.2 Å². The van der Waals surface area contributed by atoms with Crippen molar-refractivity contribution in [2.24, 2.45) is 0 Å². The van der Waals surface area contributed by atoms with Gasteiger partial charge in [-0.25, -0.2) is 9.07 Å². The minimum atomic E-state index is -0.367. The third-order valence-corrected chi connectivity index (χ3v) is 4.87. The minimum absolute atomic E-state index is 0.145. The van der Waals surface area contributed by atoms with Crippen LogP contribution in [0.5, 0.6) is 5.75 Å². The molecule has 152 valence electrons. The second-order valence-electron chi connectivity index (χ2n) is 6.80. The van der Waals surface area contributed by atoms with Crippen molar-refractivity contribution in [1.29, 1.82) is 0 Å². The lowest BCUT2D eigenvalue weighted by atomic mass is 10.1. The Kier molecular flexibility index (Phi) is 4.72. The van der Waals surface area contributed by atoms with Crippen LogP contribution >= 0.6 is 0 Å². The summed E-state index contributed by atoms with van der Waals surface area (Å²) in [4.78, 5) is 4.35. The fraction of sp³-hybridized carbons (Fsp3) is 0.238. The van der Waals surface area contributed by atoms with Gasteiger partial charge >= 0.3 is 0 Å². The molecule has 2 aromatic heterocycles. The molecule has 0 bridgehead atoms. The van der Waals surface area contributed by atoms with Crippen LogP contribution in [0.15, 0.2) is 53.1 Å². The van der Waals surface area contributed by atoms with E-state index >= 15 is 0 Å². The molecular formula is C21H18FN5O3. The highest BCUT2D eigenvalue weighted by Crippen LogP contribution is 2.31. The van der Waals surface area contributed by atoms with Crippen LogP contribution in [0.1, 0.15) is 24.3 Å². The molecule has 3 heterocycles. The summed E-state index contributed by atoms with van der Waals surface area (Å²) in [5, 5.41) is 12.4. The Bertz CT molecular complexity index is 1170. The van der Waals surface area contributed by atoms with Crippen molar-refractivity contribution < 1.29 is 18.4 Å². The van der Waals surface area contributed by atoms with E-state index in [0.29, 0.717) is 31.0 Å². The smallest absolute Gasteiger partial charge is 0.280 e. The van der Waals surface area contributed by atoms with Gasteiger partial charge in [0.2, 0.25) is 5.82 Å². The lowest BCUT2D eigenvalue weighted by Crippen LogP contribution is -2.22. The zero-order valence-electron chi connectivity index (χ0n) is 16.2. The average Bonchev–Trinajstić information content (AvgIpc) is 3.41. The zero-order valence-corrected chi connectivity index (χ0v) is 16.2. The third-order valence-electron chi connectivity index (χ3n) is 4.87. The normalized spacial score (nSPS) is 15.7. The maximum atomic E-state index is 13.5. The second kappa shape index (κ2) is 7.68. The first-order valence-corrected chi connectivity index (χ1v) is 9.58. The second-order valence-corrected chi connectivity index (χ2v) is 6.80. The summed E-state index contributed by atoms with van der Waals surface area (Å²) < 4.78 is 32.1. The van der Waals surface area contributed by atoms with E-state index in [1.54, 1.807) is 16.8 Å². The summed E-state index contributed by atoms with van der Waals surface area (Å²) in [6.45, 7) is 3.40. The molecule has 0 N–H and O–H groups in total. The Morgan fingerprint density at radius 1 is 1.20 bits per heavy atom. The first-order valence-electron chi connectivity index (χ1n) is 9.58. The van der Waals surface area contributed by atoms with Crippen molar-refractivity contribution in [2.45, 2.75) is 26.2 Å². The van der Waals surface area contributed by atoms with Crippen molar-refractivity contribution in [2.75, 3.05) is 6.61 Å². The first-order chi connectivity index (χ1) is 14.7. The Morgan fingerprint density at radius 3 is 2.87 bits per heavy atom. The van der Waals surface area contributed by atoms with E-state index in [-0.39, 0.29) is 23.6 Å². The summed E-state index contributed by atoms with van der Waals surface area (Å²) in [6, 6.07) is 13.8. The molecule has 0 saturated carbocycles. The molecule has 8 nitrogen and oxygen atoms in total. The van der Waals surface area contributed by atoms with Crippen molar-refractivity contribution in [1.82, 2.24) is 25.1 Å². The number of hydrogen-bond donors (Lipinski definition) is 0. The van der Waals surface area contributed by atoms with E-state index in [1.165, 1.54) is 12.1 Å². The fourth-order valence-corrected chi connectivity index (χ4v) is 3.39. The summed E-state index contributed by atoms with van der Waals surface area (Å²) in [5.74, 6) is 0.966. The van der Waals surface area contributed by atoms with E-state index in [0.717, 1.165) is 17.0 Å². The largest absolute Gasteiger partial charge is 0.494 e. The van der Waals surface area contributed by atoms with Gasteiger partial charge in [0.25, 0.3) is 5.89 Å². The van der Waals surface area contributed by atoms with E-state index in [9.17, 15) is 4.39 Å². The molecule has 0 amide bonds. The van der Waals surface area contributed by atoms with Gasteiger partial charge in [0, 0.05) is 5.56 Å². The number of benzene rings is 2. The Balaban J connectivity index is 1.36. The molecule has 0 spiro atoms. The van der Waals surface area contributed by atoms with Gasteiger partial charge in [0.1, 0.15) is 17.7 Å². The summed E-state index contributed by atoms with van der Waals surface area (Å²) in [7, 11) is 0. The molecule has 1 aliphatic heterocycles. The molecule has 2 aromatic carbocycles. The highest BCUT2D eigenvalue weighted by atomic mass is 19.1. The predicted molar refractivity (Wildman–Crippen MR) is 104 cm³/mol. The molecule has 1 aliphatic rings. The number of halogens is 1. The number of hydrogen-bond acceptors (Lipinski definition) is 7. The van der Waals surface area contributed by atoms with Crippen molar-refractivity contribution >= 4 is 0 Å². The molecule has 1 atom stereocenters. The van der Waals surface area contributed by atoms with E-state index in [2.05, 4.69) is 20.5 Å². The number of rotatable bonds is 5. The zero-order chi connectivity index (χ0) is 20.5. The molecule has 5 rings (SSSR count). The van der Waals surface area contributed by atoms with Gasteiger partial charge in [-0.1, -0.05) is 34.6 Å². The molecule has 1 unspecified atom stereocenters. The van der Waals surface area contributed by atoms with Gasteiger partial charge in [-0.3, -0.25) is 0 Å². The van der Waals surface area contributed by atoms with Gasteiger partial charge in [-0.15, -0.1) is 5.10 Å². The Labute approximate surface area is 171 Å². The summed E-state index contributed by atoms with van der Waals surface area (Å²) in [5.41, 5.74) is 2.78. The lowest BCUT2D eigenvalue weighted by molar-refractivity contribution is -0.00119. The van der Waals surface area contributed by atoms with Crippen LogP contribution in [0.3, 0.4) is 0 Å². The molecule has 4 aromatic rings. The van der Waals surface area contributed by atoms with Crippen LogP contribution in [-0.2, 0) is 17.9 Å². The molecule has 0 fully saturated rings. The number of fused-ring (bicyclic) bond motifs is 1. The topological polar surface area (TPSA) is 88.1 Å². The van der Waals surface area contributed by atoms with Crippen LogP contribution in [-0.4, -0.2) is 31.7 Å². The number of aromatic nitrogens is 5. The minimum Gasteiger partial charge on any atom is -0.494 e. The fourth-order valence-electron chi connectivity index (χ4n) is 3.39. The number of ether oxygens (including phenoxy) is 2. The third kappa shape index (κ3) is 3.43. The molecule has 0 radical (unpaired) electrons. The quantitative estimate of drug-likeness (QED) is 0.497. The monoisotopic (exact) mass is 407 g/mol. The van der Waals surface area contributed by atoms with Crippen LogP contribution in [0, 0.1) is 5.82 Å². The van der Waals surface area contributed by atoms with Crippen LogP contribution in [0.2, 0.25) is 0 Å². The predicted octanol–water partition coefficient (Wildman–Crippen LogP) is 3.80. The first kappa shape index (κ1) is 18.4. The van der Waals surface area contributed by atoms with Crippen molar-refractivity contribution in [3.63, 3.8) is 0 Å². The molecule has 30 heavy (non-hydrogen) atoms. The summed E-state index contributed by atoms with van der Waals surface area (Å²) >= 11 is 0. The average molecular weight is 407 g/mol. The highest BCUT2D eigenvalue weighted by Gasteiger charge is 2.28. The molecular weight excluding hydrogens is 389 g/mol. The highest BCUT2D eigenvalue weighted by molar-refractivity contribution is 5.58. The van der Waals surface area contributed by atoms with Gasteiger partial charge in [-0.2, -0.15) is 4.98 Å². The van der Waals surface area contributed by atoms with Crippen molar-refractivity contribution in [3.05, 3.63) is 65.6 Å². The van der Waals surface area contributed by atoms with Crippen LogP contribution in [0.4, 0.5) is 4.39 Å². The van der Waals surface area contributed by atoms with Crippen LogP contribution < -0.4 is 4.74 Å². The van der Waals surface area contributed by atoms with Gasteiger partial charge in [0.05, 0.1) is 25.5 Å². The SMILES string of the molecule is CCOc1ccc(C2Cn3nnc(-c4nc(-c5cccc(F)c5)no4)c3CO2)cc1. The van der Waals surface area contributed by atoms with E-state index in [4.69, 9.17) is 14.0 Å². The maximum absolute atomic E-state index is 13.5. The number of nitrogens with zero attached hydrogens (tertiary/aromatic N) is 5. The summed E-state index contributed by atoms with van der Waals surface area (Å²) in [6.07, 6.45) is -0.145. The van der Waals surface area contributed by atoms with Gasteiger partial charge in [-0.05, 0) is 36.8 Å². The lowest BCUT2D eigenvalue weighted by Gasteiger charge is -2.24. The van der Waals surface area contributed by atoms with Gasteiger partial charge < -0.3 is 14.0 Å². The molecule has 0 aliphatic carbocycles. The van der Waals surface area contributed by atoms with Crippen molar-refractivity contribution in [3.8, 4) is 28.7 Å². The molecule has 0 saturated heterocycles. The van der Waals surface area contributed by atoms with Crippen LogP contribution in [0.25, 0.3) is 23.0 Å². The Hall–Kier alpha value is -3.59. The standard InChI is InChI=1S/C21H18FN5O3/c1-2-28-16-8-6-13(7-9-16)18-11-27-17(12-29-18)19(24-26-27)21-23-20(25-30-21)14-4-3-5-15(22)10-14/h3-10,18H,2,11-12H2,1H3. The van der Waals surface area contributed by atoms with E-state index < -0.39 is 0 Å². The molecule has 9 heteroatoms. The maximum Gasteiger partial charge on any atom is 0.280 e. The Morgan fingerprint density at radius 2 is 2.07 bits per heavy atom. The van der Waals surface area contributed by atoms with Gasteiger partial charge in [0.15, 0.2) is 5.69 Å².